The molecule has 1 aliphatic heterocycles. The van der Waals surface area contributed by atoms with Crippen LogP contribution in [0.5, 0.6) is 0 Å². The first-order valence-electron chi connectivity index (χ1n) is 8.03. The Balaban J connectivity index is 1.82. The van der Waals surface area contributed by atoms with Crippen LogP contribution in [-0.4, -0.2) is 22.5 Å². The number of aryl methyl sites for hydroxylation is 2. The summed E-state index contributed by atoms with van der Waals surface area (Å²) in [6.45, 7) is 4.38. The highest BCUT2D eigenvalue weighted by molar-refractivity contribution is 5.79. The Hall–Kier alpha value is -2.17. The molecule has 23 heavy (non-hydrogen) atoms. The summed E-state index contributed by atoms with van der Waals surface area (Å²) in [5.74, 6) is 0.481. The van der Waals surface area contributed by atoms with Gasteiger partial charge in [-0.2, -0.15) is 0 Å². The van der Waals surface area contributed by atoms with E-state index in [4.69, 9.17) is 4.52 Å². The van der Waals surface area contributed by atoms with Crippen molar-refractivity contribution in [3.05, 3.63) is 52.7 Å². The number of aromatic nitrogens is 1. The Morgan fingerprint density at radius 1 is 1.39 bits per heavy atom. The van der Waals surface area contributed by atoms with Crippen molar-refractivity contribution in [1.82, 2.24) is 10.1 Å². The van der Waals surface area contributed by atoms with Crippen LogP contribution in [0, 0.1) is 19.7 Å². The van der Waals surface area contributed by atoms with Gasteiger partial charge in [0.1, 0.15) is 11.6 Å². The number of likely N-dealkylation sites (tertiary alicyclic amines) is 1. The number of carbonyl (C=O) groups is 1. The average molecular weight is 316 g/mol. The summed E-state index contributed by atoms with van der Waals surface area (Å²) >= 11 is 0. The number of benzene rings is 1. The first-order valence-corrected chi connectivity index (χ1v) is 8.03. The van der Waals surface area contributed by atoms with Gasteiger partial charge >= 0.3 is 0 Å². The van der Waals surface area contributed by atoms with Crippen molar-refractivity contribution in [2.24, 2.45) is 0 Å². The minimum Gasteiger partial charge on any atom is -0.361 e. The van der Waals surface area contributed by atoms with Crippen molar-refractivity contribution in [2.75, 3.05) is 6.54 Å². The number of halogens is 1. The van der Waals surface area contributed by atoms with Crippen molar-refractivity contribution in [2.45, 2.75) is 45.6 Å². The monoisotopic (exact) mass is 316 g/mol. The van der Waals surface area contributed by atoms with Gasteiger partial charge < -0.3 is 9.42 Å². The molecule has 0 N–H and O–H groups in total. The highest BCUT2D eigenvalue weighted by Crippen LogP contribution is 2.32. The Morgan fingerprint density at radius 3 is 2.91 bits per heavy atom. The number of nitrogens with zero attached hydrogens (tertiary/aromatic N) is 2. The fraction of sp³-hybridized carbons (Fsp3) is 0.444. The largest absolute Gasteiger partial charge is 0.361 e. The van der Waals surface area contributed by atoms with Crippen molar-refractivity contribution >= 4 is 5.91 Å². The van der Waals surface area contributed by atoms with Crippen LogP contribution >= 0.6 is 0 Å². The van der Waals surface area contributed by atoms with Crippen molar-refractivity contribution in [3.8, 4) is 0 Å². The molecule has 2 heterocycles. The number of rotatable bonds is 3. The third kappa shape index (κ3) is 3.28. The summed E-state index contributed by atoms with van der Waals surface area (Å²) in [5.41, 5.74) is 2.49. The Morgan fingerprint density at radius 2 is 2.22 bits per heavy atom. The van der Waals surface area contributed by atoms with E-state index in [-0.39, 0.29) is 24.2 Å². The molecule has 0 spiro atoms. The molecule has 1 aromatic heterocycles. The summed E-state index contributed by atoms with van der Waals surface area (Å²) in [4.78, 5) is 14.7. The maximum absolute atomic E-state index is 13.5. The van der Waals surface area contributed by atoms with E-state index in [1.54, 1.807) is 6.07 Å². The van der Waals surface area contributed by atoms with Crippen LogP contribution in [0.4, 0.5) is 4.39 Å². The lowest BCUT2D eigenvalue weighted by molar-refractivity contribution is -0.134. The van der Waals surface area contributed by atoms with Gasteiger partial charge in [-0.15, -0.1) is 0 Å². The quantitative estimate of drug-likeness (QED) is 0.867. The number of piperidine rings is 1. The number of amides is 1. The lowest BCUT2D eigenvalue weighted by atomic mass is 9.94. The molecule has 1 saturated heterocycles. The molecule has 1 aromatic carbocycles. The van der Waals surface area contributed by atoms with Gasteiger partial charge in [0.2, 0.25) is 5.91 Å². The third-order valence-electron chi connectivity index (χ3n) is 4.57. The standard InChI is InChI=1S/C18H21FN2O2/c1-12-16(13(2)23-20-12)11-18(22)21-9-4-3-8-17(21)14-6-5-7-15(19)10-14/h5-7,10,17H,3-4,8-9,11H2,1-2H3/t17-/m0/s1. The lowest BCUT2D eigenvalue weighted by Gasteiger charge is -2.36. The van der Waals surface area contributed by atoms with Crippen LogP contribution in [0.1, 0.15) is 47.9 Å². The van der Waals surface area contributed by atoms with E-state index in [0.29, 0.717) is 12.3 Å². The molecule has 0 unspecified atom stereocenters. The third-order valence-corrected chi connectivity index (χ3v) is 4.57. The zero-order valence-corrected chi connectivity index (χ0v) is 13.5. The minimum atomic E-state index is -0.258. The molecule has 2 aromatic rings. The predicted molar refractivity (Wildman–Crippen MR) is 84.4 cm³/mol. The highest BCUT2D eigenvalue weighted by atomic mass is 19.1. The van der Waals surface area contributed by atoms with Gasteiger partial charge in [-0.25, -0.2) is 4.39 Å². The Kier molecular flexibility index (Phi) is 4.46. The van der Waals surface area contributed by atoms with E-state index in [0.717, 1.165) is 36.1 Å². The highest BCUT2D eigenvalue weighted by Gasteiger charge is 2.29. The van der Waals surface area contributed by atoms with Crippen molar-refractivity contribution in [3.63, 3.8) is 0 Å². The predicted octanol–water partition coefficient (Wildman–Crippen LogP) is 3.73. The van der Waals surface area contributed by atoms with Crippen molar-refractivity contribution < 1.29 is 13.7 Å². The van der Waals surface area contributed by atoms with Crippen molar-refractivity contribution in [1.29, 1.82) is 0 Å². The van der Waals surface area contributed by atoms with Crippen LogP contribution in [0.3, 0.4) is 0 Å². The van der Waals surface area contributed by atoms with Gasteiger partial charge in [0.05, 0.1) is 18.2 Å². The molecule has 122 valence electrons. The molecule has 4 nitrogen and oxygen atoms in total. The molecule has 3 rings (SSSR count). The SMILES string of the molecule is Cc1noc(C)c1CC(=O)N1CCCC[C@H]1c1cccc(F)c1. The first kappa shape index (κ1) is 15.7. The van der Waals surface area contributed by atoms with Gasteiger partial charge in [0.15, 0.2) is 0 Å². The molecule has 1 atom stereocenters. The summed E-state index contributed by atoms with van der Waals surface area (Å²) in [6.07, 6.45) is 3.19. The van der Waals surface area contributed by atoms with Gasteiger partial charge in [0, 0.05) is 12.1 Å². The van der Waals surface area contributed by atoms with Crippen LogP contribution in [-0.2, 0) is 11.2 Å². The summed E-state index contributed by atoms with van der Waals surface area (Å²) in [5, 5.41) is 3.91. The Labute approximate surface area is 135 Å². The van der Waals surface area contributed by atoms with E-state index in [1.165, 1.54) is 12.1 Å². The summed E-state index contributed by atoms with van der Waals surface area (Å²) in [6, 6.07) is 6.52. The summed E-state index contributed by atoms with van der Waals surface area (Å²) < 4.78 is 18.7. The maximum Gasteiger partial charge on any atom is 0.227 e. The molecule has 0 saturated carbocycles. The van der Waals surface area contributed by atoms with E-state index in [2.05, 4.69) is 5.16 Å². The maximum atomic E-state index is 13.5. The zero-order valence-electron chi connectivity index (χ0n) is 13.5. The topological polar surface area (TPSA) is 46.3 Å². The van der Waals surface area contributed by atoms with Crippen LogP contribution in [0.25, 0.3) is 0 Å². The van der Waals surface area contributed by atoms with E-state index in [1.807, 2.05) is 24.8 Å². The summed E-state index contributed by atoms with van der Waals surface area (Å²) in [7, 11) is 0. The molecule has 5 heteroatoms. The minimum absolute atomic E-state index is 0.0487. The fourth-order valence-corrected chi connectivity index (χ4v) is 3.30. The second-order valence-corrected chi connectivity index (χ2v) is 6.13. The van der Waals surface area contributed by atoms with Gasteiger partial charge in [-0.3, -0.25) is 4.79 Å². The first-order chi connectivity index (χ1) is 11.1. The molecule has 0 radical (unpaired) electrons. The number of hydrogen-bond donors (Lipinski definition) is 0. The molecule has 1 fully saturated rings. The number of hydrogen-bond acceptors (Lipinski definition) is 3. The van der Waals surface area contributed by atoms with Gasteiger partial charge in [0.25, 0.3) is 0 Å². The molecular weight excluding hydrogens is 295 g/mol. The molecular formula is C18H21FN2O2. The smallest absolute Gasteiger partial charge is 0.227 e. The van der Waals surface area contributed by atoms with E-state index < -0.39 is 0 Å². The second-order valence-electron chi connectivity index (χ2n) is 6.13. The van der Waals surface area contributed by atoms with Gasteiger partial charge in [-0.1, -0.05) is 17.3 Å². The van der Waals surface area contributed by atoms with Gasteiger partial charge in [-0.05, 0) is 50.8 Å². The fourth-order valence-electron chi connectivity index (χ4n) is 3.30. The average Bonchev–Trinajstić information content (AvgIpc) is 2.87. The molecule has 1 amide bonds. The number of carbonyl (C=O) groups excluding carboxylic acids is 1. The Bertz CT molecular complexity index is 691. The zero-order chi connectivity index (χ0) is 16.4. The molecule has 0 bridgehead atoms. The van der Waals surface area contributed by atoms with Crippen LogP contribution < -0.4 is 0 Å². The second kappa shape index (κ2) is 6.52. The molecule has 1 aliphatic rings. The van der Waals surface area contributed by atoms with Crippen LogP contribution in [0.2, 0.25) is 0 Å². The van der Waals surface area contributed by atoms with E-state index in [9.17, 15) is 9.18 Å². The molecule has 0 aliphatic carbocycles. The normalized spacial score (nSPS) is 18.2. The van der Waals surface area contributed by atoms with Crippen LogP contribution in [0.15, 0.2) is 28.8 Å². The van der Waals surface area contributed by atoms with E-state index >= 15 is 0 Å². The lowest BCUT2D eigenvalue weighted by Crippen LogP contribution is -2.39.